The van der Waals surface area contributed by atoms with E-state index in [0.29, 0.717) is 17.5 Å². The van der Waals surface area contributed by atoms with Crippen molar-refractivity contribution in [2.24, 2.45) is 0 Å². The van der Waals surface area contributed by atoms with Gasteiger partial charge in [-0.2, -0.15) is 5.26 Å². The molecule has 1 aromatic rings. The van der Waals surface area contributed by atoms with E-state index in [4.69, 9.17) is 10.4 Å². The second-order valence-corrected chi connectivity index (χ2v) is 5.69. The van der Waals surface area contributed by atoms with E-state index in [1.165, 1.54) is 0 Å². The molecule has 0 fully saturated rings. The van der Waals surface area contributed by atoms with E-state index in [2.05, 4.69) is 4.72 Å². The third-order valence-electron chi connectivity index (χ3n) is 2.54. The topological polar surface area (TPSA) is 90.2 Å². The number of hydrogen-bond donors (Lipinski definition) is 2. The van der Waals surface area contributed by atoms with Gasteiger partial charge in [0, 0.05) is 6.04 Å². The maximum absolute atomic E-state index is 11.9. The van der Waals surface area contributed by atoms with Crippen molar-refractivity contribution in [2.75, 3.05) is 6.61 Å². The Morgan fingerprint density at radius 3 is 2.67 bits per heavy atom. The molecule has 0 aromatic heterocycles. The third kappa shape index (κ3) is 4.11. The Bertz CT molecular complexity index is 530. The van der Waals surface area contributed by atoms with Crippen LogP contribution in [0.5, 0.6) is 0 Å². The quantitative estimate of drug-likeness (QED) is 0.796. The first-order valence-corrected chi connectivity index (χ1v) is 7.26. The lowest BCUT2D eigenvalue weighted by molar-refractivity contribution is 0.254. The van der Waals surface area contributed by atoms with Gasteiger partial charge in [0.25, 0.3) is 0 Å². The number of nitrogens with zero attached hydrogens (tertiary/aromatic N) is 1. The molecule has 0 aliphatic heterocycles. The van der Waals surface area contributed by atoms with Gasteiger partial charge in [-0.05, 0) is 18.1 Å². The van der Waals surface area contributed by atoms with Crippen LogP contribution in [0.3, 0.4) is 0 Å². The molecule has 0 bridgehead atoms. The zero-order chi connectivity index (χ0) is 13.6. The summed E-state index contributed by atoms with van der Waals surface area (Å²) >= 11 is 0. The number of nitriles is 1. The number of nitrogens with one attached hydrogen (secondary N) is 1. The van der Waals surface area contributed by atoms with Crippen LogP contribution in [0.1, 0.15) is 24.5 Å². The molecule has 0 aliphatic rings. The molecule has 98 valence electrons. The highest BCUT2D eigenvalue weighted by Crippen LogP contribution is 2.11. The molecule has 0 heterocycles. The standard InChI is InChI=1S/C12H16N2O3S/c1-2-12(8-15)14-18(16,17)9-11-6-4-3-5-10(11)7-13/h3-6,12,14-15H,2,8-9H2,1H3/t12-/m1/s1. The van der Waals surface area contributed by atoms with Crippen LogP contribution in [0.4, 0.5) is 0 Å². The monoisotopic (exact) mass is 268 g/mol. The minimum atomic E-state index is -3.55. The summed E-state index contributed by atoms with van der Waals surface area (Å²) in [6.07, 6.45) is 0.510. The van der Waals surface area contributed by atoms with Gasteiger partial charge in [0.2, 0.25) is 10.0 Å². The van der Waals surface area contributed by atoms with E-state index in [9.17, 15) is 8.42 Å². The smallest absolute Gasteiger partial charge is 0.216 e. The Hall–Kier alpha value is -1.42. The average molecular weight is 268 g/mol. The van der Waals surface area contributed by atoms with Gasteiger partial charge in [-0.3, -0.25) is 0 Å². The molecule has 0 spiro atoms. The molecule has 5 nitrogen and oxygen atoms in total. The van der Waals surface area contributed by atoms with Crippen LogP contribution in [0.25, 0.3) is 0 Å². The molecule has 1 aromatic carbocycles. The molecule has 0 radical (unpaired) electrons. The van der Waals surface area contributed by atoms with E-state index >= 15 is 0 Å². The molecule has 1 atom stereocenters. The average Bonchev–Trinajstić information content (AvgIpc) is 2.36. The summed E-state index contributed by atoms with van der Waals surface area (Å²) in [6.45, 7) is 1.54. The van der Waals surface area contributed by atoms with Gasteiger partial charge in [-0.15, -0.1) is 0 Å². The van der Waals surface area contributed by atoms with Gasteiger partial charge < -0.3 is 5.11 Å². The van der Waals surface area contributed by atoms with Crippen molar-refractivity contribution in [1.82, 2.24) is 4.72 Å². The van der Waals surface area contributed by atoms with E-state index in [-0.39, 0.29) is 12.4 Å². The summed E-state index contributed by atoms with van der Waals surface area (Å²) in [5.74, 6) is -0.257. The Balaban J connectivity index is 2.86. The van der Waals surface area contributed by atoms with Crippen molar-refractivity contribution in [3.8, 4) is 6.07 Å². The van der Waals surface area contributed by atoms with Crippen LogP contribution < -0.4 is 4.72 Å². The fourth-order valence-corrected chi connectivity index (χ4v) is 3.00. The molecule has 0 aliphatic carbocycles. The van der Waals surface area contributed by atoms with Crippen LogP contribution in [0.2, 0.25) is 0 Å². The number of aliphatic hydroxyl groups is 1. The maximum atomic E-state index is 11.9. The first-order valence-electron chi connectivity index (χ1n) is 5.61. The number of rotatable bonds is 6. The van der Waals surface area contributed by atoms with Crippen LogP contribution in [0, 0.1) is 11.3 Å². The molecule has 0 amide bonds. The van der Waals surface area contributed by atoms with Crippen molar-refractivity contribution in [3.05, 3.63) is 35.4 Å². The van der Waals surface area contributed by atoms with E-state index < -0.39 is 16.1 Å². The minimum Gasteiger partial charge on any atom is -0.395 e. The molecule has 2 N–H and O–H groups in total. The molecule has 0 unspecified atom stereocenters. The molecule has 0 saturated heterocycles. The Morgan fingerprint density at radius 1 is 1.44 bits per heavy atom. The fraction of sp³-hybridized carbons (Fsp3) is 0.417. The molecule has 6 heteroatoms. The Kier molecular flexibility index (Phi) is 5.28. The zero-order valence-corrected chi connectivity index (χ0v) is 10.9. The lowest BCUT2D eigenvalue weighted by Crippen LogP contribution is -2.37. The van der Waals surface area contributed by atoms with Gasteiger partial charge in [0.15, 0.2) is 0 Å². The van der Waals surface area contributed by atoms with Crippen LogP contribution >= 0.6 is 0 Å². The SMILES string of the molecule is CC[C@H](CO)NS(=O)(=O)Cc1ccccc1C#N. The highest BCUT2D eigenvalue weighted by Gasteiger charge is 2.18. The van der Waals surface area contributed by atoms with Crippen LogP contribution in [-0.2, 0) is 15.8 Å². The lowest BCUT2D eigenvalue weighted by Gasteiger charge is -2.14. The second-order valence-electron chi connectivity index (χ2n) is 3.93. The summed E-state index contributed by atoms with van der Waals surface area (Å²) in [4.78, 5) is 0. The summed E-state index contributed by atoms with van der Waals surface area (Å²) < 4.78 is 26.1. The molecule has 0 saturated carbocycles. The van der Waals surface area contributed by atoms with Gasteiger partial charge >= 0.3 is 0 Å². The van der Waals surface area contributed by atoms with Crippen LogP contribution in [0.15, 0.2) is 24.3 Å². The summed E-state index contributed by atoms with van der Waals surface area (Å²) in [5, 5.41) is 17.9. The third-order valence-corrected chi connectivity index (χ3v) is 3.93. The normalized spacial score (nSPS) is 12.9. The summed E-state index contributed by atoms with van der Waals surface area (Å²) in [7, 11) is -3.55. The molecular formula is C12H16N2O3S. The highest BCUT2D eigenvalue weighted by atomic mass is 32.2. The lowest BCUT2D eigenvalue weighted by atomic mass is 10.1. The minimum absolute atomic E-state index is 0.240. The predicted octanol–water partition coefficient (Wildman–Crippen LogP) is 0.749. The summed E-state index contributed by atoms with van der Waals surface area (Å²) in [5.41, 5.74) is 0.806. The van der Waals surface area contributed by atoms with Crippen molar-refractivity contribution < 1.29 is 13.5 Å². The predicted molar refractivity (Wildman–Crippen MR) is 68.1 cm³/mol. The van der Waals surface area contributed by atoms with Gasteiger partial charge in [0.1, 0.15) is 0 Å². The highest BCUT2D eigenvalue weighted by molar-refractivity contribution is 7.88. The number of hydrogen-bond acceptors (Lipinski definition) is 4. The van der Waals surface area contributed by atoms with E-state index in [1.807, 2.05) is 6.07 Å². The maximum Gasteiger partial charge on any atom is 0.216 e. The first-order chi connectivity index (χ1) is 8.52. The molecular weight excluding hydrogens is 252 g/mol. The van der Waals surface area contributed by atoms with Crippen molar-refractivity contribution >= 4 is 10.0 Å². The number of aliphatic hydroxyl groups excluding tert-OH is 1. The van der Waals surface area contributed by atoms with Crippen molar-refractivity contribution in [3.63, 3.8) is 0 Å². The summed E-state index contributed by atoms with van der Waals surface area (Å²) in [6, 6.07) is 8.04. The Labute approximate surface area is 107 Å². The van der Waals surface area contributed by atoms with Crippen LogP contribution in [-0.4, -0.2) is 26.2 Å². The van der Waals surface area contributed by atoms with Gasteiger partial charge in [-0.1, -0.05) is 25.1 Å². The molecule has 18 heavy (non-hydrogen) atoms. The zero-order valence-electron chi connectivity index (χ0n) is 10.1. The Morgan fingerprint density at radius 2 is 2.11 bits per heavy atom. The number of sulfonamides is 1. The van der Waals surface area contributed by atoms with Gasteiger partial charge in [-0.25, -0.2) is 13.1 Å². The van der Waals surface area contributed by atoms with Gasteiger partial charge in [0.05, 0.1) is 24.0 Å². The van der Waals surface area contributed by atoms with Crippen molar-refractivity contribution in [2.45, 2.75) is 25.1 Å². The molecule has 1 rings (SSSR count). The largest absolute Gasteiger partial charge is 0.395 e. The first kappa shape index (κ1) is 14.6. The second kappa shape index (κ2) is 6.50. The van der Waals surface area contributed by atoms with Crippen molar-refractivity contribution in [1.29, 1.82) is 5.26 Å². The van der Waals surface area contributed by atoms with E-state index in [1.54, 1.807) is 31.2 Å². The number of benzene rings is 1. The fourth-order valence-electron chi connectivity index (χ4n) is 1.51. The van der Waals surface area contributed by atoms with E-state index in [0.717, 1.165) is 0 Å².